The number of halogens is 2. The predicted octanol–water partition coefficient (Wildman–Crippen LogP) is 1.39. The van der Waals surface area contributed by atoms with Gasteiger partial charge < -0.3 is 15.3 Å². The first-order chi connectivity index (χ1) is 11.8. The number of amides is 2. The van der Waals surface area contributed by atoms with E-state index in [9.17, 15) is 28.3 Å². The van der Waals surface area contributed by atoms with Gasteiger partial charge in [-0.2, -0.15) is 11.8 Å². The van der Waals surface area contributed by atoms with Gasteiger partial charge in [0.15, 0.2) is 0 Å². The summed E-state index contributed by atoms with van der Waals surface area (Å²) >= 11 is 1.44. The van der Waals surface area contributed by atoms with Crippen LogP contribution in [-0.2, 0) is 14.4 Å². The fourth-order valence-electron chi connectivity index (χ4n) is 3.04. The van der Waals surface area contributed by atoms with Gasteiger partial charge in [-0.1, -0.05) is 0 Å². The molecule has 2 saturated heterocycles. The lowest BCUT2D eigenvalue weighted by atomic mass is 9.97. The standard InChI is InChI=1S/C16H16F2N2O4S/c17-10-1-2-12(11(18)6-10)20-7-9(5-13(20)21)14(22)19-16(15(23)24)3-4-25-8-16/h1-2,6,9H,3-5,7-8H2,(H,19,22)(H,23,24). The van der Waals surface area contributed by atoms with Crippen LogP contribution in [0.25, 0.3) is 0 Å². The fourth-order valence-corrected chi connectivity index (χ4v) is 4.37. The number of anilines is 1. The number of carboxylic acids is 1. The van der Waals surface area contributed by atoms with Crippen molar-refractivity contribution in [2.45, 2.75) is 18.4 Å². The average Bonchev–Trinajstić information content (AvgIpc) is 3.15. The Kier molecular flexibility index (Phi) is 4.68. The molecule has 6 nitrogen and oxygen atoms in total. The topological polar surface area (TPSA) is 86.7 Å². The largest absolute Gasteiger partial charge is 0.479 e. The van der Waals surface area contributed by atoms with E-state index in [2.05, 4.69) is 5.32 Å². The van der Waals surface area contributed by atoms with E-state index in [4.69, 9.17) is 0 Å². The van der Waals surface area contributed by atoms with Crippen molar-refractivity contribution in [2.75, 3.05) is 23.0 Å². The molecular formula is C16H16F2N2O4S. The van der Waals surface area contributed by atoms with Crippen molar-refractivity contribution >= 4 is 35.2 Å². The zero-order valence-corrected chi connectivity index (χ0v) is 13.9. The molecule has 1 aromatic rings. The molecule has 9 heteroatoms. The summed E-state index contributed by atoms with van der Waals surface area (Å²) in [5.41, 5.74) is -1.41. The van der Waals surface area contributed by atoms with Crippen molar-refractivity contribution in [1.82, 2.24) is 5.32 Å². The van der Waals surface area contributed by atoms with Gasteiger partial charge in [-0.15, -0.1) is 0 Å². The molecule has 0 spiro atoms. The lowest BCUT2D eigenvalue weighted by Crippen LogP contribution is -2.56. The molecule has 2 aliphatic heterocycles. The monoisotopic (exact) mass is 370 g/mol. The summed E-state index contributed by atoms with van der Waals surface area (Å²) in [6.07, 6.45) is 0.168. The molecule has 2 heterocycles. The van der Waals surface area contributed by atoms with Gasteiger partial charge >= 0.3 is 5.97 Å². The molecule has 0 radical (unpaired) electrons. The Morgan fingerprint density at radius 2 is 2.12 bits per heavy atom. The van der Waals surface area contributed by atoms with Crippen LogP contribution in [0.1, 0.15) is 12.8 Å². The van der Waals surface area contributed by atoms with Gasteiger partial charge in [0.25, 0.3) is 0 Å². The molecule has 2 amide bonds. The zero-order valence-electron chi connectivity index (χ0n) is 13.1. The van der Waals surface area contributed by atoms with Crippen LogP contribution in [0, 0.1) is 17.6 Å². The number of carboxylic acid groups (broad SMARTS) is 1. The molecule has 0 aromatic heterocycles. The molecule has 2 fully saturated rings. The first-order valence-electron chi connectivity index (χ1n) is 7.71. The Balaban J connectivity index is 1.73. The number of nitrogens with one attached hydrogen (secondary N) is 1. The Hall–Kier alpha value is -2.16. The smallest absolute Gasteiger partial charge is 0.330 e. The van der Waals surface area contributed by atoms with Crippen molar-refractivity contribution in [3.63, 3.8) is 0 Å². The van der Waals surface area contributed by atoms with Crippen molar-refractivity contribution in [2.24, 2.45) is 5.92 Å². The van der Waals surface area contributed by atoms with Crippen LogP contribution in [0.5, 0.6) is 0 Å². The fraction of sp³-hybridized carbons (Fsp3) is 0.438. The van der Waals surface area contributed by atoms with Gasteiger partial charge in [-0.3, -0.25) is 9.59 Å². The summed E-state index contributed by atoms with van der Waals surface area (Å²) in [6.45, 7) is -0.0734. The first-order valence-corrected chi connectivity index (χ1v) is 8.86. The molecule has 3 rings (SSSR count). The predicted molar refractivity (Wildman–Crippen MR) is 87.3 cm³/mol. The molecule has 0 bridgehead atoms. The van der Waals surface area contributed by atoms with Gasteiger partial charge in [-0.05, 0) is 24.3 Å². The normalized spacial score (nSPS) is 26.1. The Labute approximate surface area is 146 Å². The number of nitrogens with zero attached hydrogens (tertiary/aromatic N) is 1. The summed E-state index contributed by atoms with van der Waals surface area (Å²) in [4.78, 5) is 37.2. The van der Waals surface area contributed by atoms with E-state index >= 15 is 0 Å². The van der Waals surface area contributed by atoms with Crippen molar-refractivity contribution in [1.29, 1.82) is 0 Å². The van der Waals surface area contributed by atoms with E-state index in [0.717, 1.165) is 17.0 Å². The molecule has 134 valence electrons. The highest BCUT2D eigenvalue weighted by atomic mass is 32.2. The molecule has 0 saturated carbocycles. The van der Waals surface area contributed by atoms with Gasteiger partial charge in [0.05, 0.1) is 11.6 Å². The van der Waals surface area contributed by atoms with E-state index in [0.29, 0.717) is 18.2 Å². The second-order valence-electron chi connectivity index (χ2n) is 6.18. The molecular weight excluding hydrogens is 354 g/mol. The number of carbonyl (C=O) groups excluding carboxylic acids is 2. The van der Waals surface area contributed by atoms with E-state index in [-0.39, 0.29) is 24.4 Å². The van der Waals surface area contributed by atoms with E-state index in [1.54, 1.807) is 0 Å². The number of aliphatic carboxylic acids is 1. The van der Waals surface area contributed by atoms with Crippen LogP contribution in [-0.4, -0.2) is 46.5 Å². The van der Waals surface area contributed by atoms with Crippen LogP contribution in [0.4, 0.5) is 14.5 Å². The third-order valence-electron chi connectivity index (χ3n) is 4.49. The molecule has 2 unspecified atom stereocenters. The Morgan fingerprint density at radius 3 is 2.72 bits per heavy atom. The maximum Gasteiger partial charge on any atom is 0.330 e. The maximum absolute atomic E-state index is 13.9. The van der Waals surface area contributed by atoms with E-state index in [1.165, 1.54) is 11.8 Å². The highest BCUT2D eigenvalue weighted by Crippen LogP contribution is 2.31. The minimum Gasteiger partial charge on any atom is -0.479 e. The van der Waals surface area contributed by atoms with Gasteiger partial charge in [0, 0.05) is 24.8 Å². The minimum atomic E-state index is -1.32. The third kappa shape index (κ3) is 3.33. The number of benzene rings is 1. The zero-order chi connectivity index (χ0) is 18.2. The molecule has 0 aliphatic carbocycles. The number of hydrogen-bond acceptors (Lipinski definition) is 4. The lowest BCUT2D eigenvalue weighted by molar-refractivity contribution is -0.147. The van der Waals surface area contributed by atoms with Crippen LogP contribution >= 0.6 is 11.8 Å². The highest BCUT2D eigenvalue weighted by Gasteiger charge is 2.46. The van der Waals surface area contributed by atoms with E-state index in [1.807, 2.05) is 0 Å². The van der Waals surface area contributed by atoms with Crippen LogP contribution in [0.2, 0.25) is 0 Å². The molecule has 25 heavy (non-hydrogen) atoms. The average molecular weight is 370 g/mol. The summed E-state index contributed by atoms with van der Waals surface area (Å²) in [5.74, 6) is -3.63. The molecule has 2 N–H and O–H groups in total. The van der Waals surface area contributed by atoms with Crippen molar-refractivity contribution in [3.05, 3.63) is 29.8 Å². The van der Waals surface area contributed by atoms with Crippen molar-refractivity contribution < 1.29 is 28.3 Å². The van der Waals surface area contributed by atoms with Crippen molar-refractivity contribution in [3.8, 4) is 0 Å². The van der Waals surface area contributed by atoms with Gasteiger partial charge in [0.1, 0.15) is 17.2 Å². The highest BCUT2D eigenvalue weighted by molar-refractivity contribution is 7.99. The Bertz CT molecular complexity index is 737. The van der Waals surface area contributed by atoms with Gasteiger partial charge in [0.2, 0.25) is 11.8 Å². The summed E-state index contributed by atoms with van der Waals surface area (Å²) in [7, 11) is 0. The summed E-state index contributed by atoms with van der Waals surface area (Å²) < 4.78 is 26.9. The summed E-state index contributed by atoms with van der Waals surface area (Å²) in [5, 5.41) is 12.0. The first kappa shape index (κ1) is 17.7. The Morgan fingerprint density at radius 1 is 1.36 bits per heavy atom. The molecule has 2 atom stereocenters. The van der Waals surface area contributed by atoms with Gasteiger partial charge in [-0.25, -0.2) is 13.6 Å². The number of carbonyl (C=O) groups is 3. The molecule has 1 aromatic carbocycles. The minimum absolute atomic E-state index is 0.0734. The van der Waals surface area contributed by atoms with Crippen LogP contribution in [0.15, 0.2) is 18.2 Å². The van der Waals surface area contributed by atoms with Crippen LogP contribution in [0.3, 0.4) is 0 Å². The molecule has 2 aliphatic rings. The van der Waals surface area contributed by atoms with Crippen LogP contribution < -0.4 is 10.2 Å². The second kappa shape index (κ2) is 6.62. The lowest BCUT2D eigenvalue weighted by Gasteiger charge is -2.26. The second-order valence-corrected chi connectivity index (χ2v) is 7.29. The number of rotatable bonds is 4. The van der Waals surface area contributed by atoms with E-state index < -0.39 is 40.9 Å². The number of thioether (sulfide) groups is 1. The third-order valence-corrected chi connectivity index (χ3v) is 5.68. The maximum atomic E-state index is 13.9. The number of hydrogen-bond donors (Lipinski definition) is 2. The summed E-state index contributed by atoms with van der Waals surface area (Å²) in [6, 6.07) is 2.86. The SMILES string of the molecule is O=C(NC1(C(=O)O)CCSC1)C1CC(=O)N(c2ccc(F)cc2F)C1. The quantitative estimate of drug-likeness (QED) is 0.837.